The van der Waals surface area contributed by atoms with Crippen molar-refractivity contribution in [1.82, 2.24) is 0 Å². The summed E-state index contributed by atoms with van der Waals surface area (Å²) >= 11 is 3.12. The van der Waals surface area contributed by atoms with Gasteiger partial charge in [-0.05, 0) is 40.2 Å². The Hall–Kier alpha value is -2.21. The predicted molar refractivity (Wildman–Crippen MR) is 75.5 cm³/mol. The van der Waals surface area contributed by atoms with Gasteiger partial charge in [-0.15, -0.1) is 0 Å². The molecular formula is C14H9BrFNO3. The van der Waals surface area contributed by atoms with Crippen molar-refractivity contribution in [1.29, 1.82) is 0 Å². The van der Waals surface area contributed by atoms with E-state index in [0.717, 1.165) is 0 Å². The SMILES string of the molecule is O=C(O)c1ccccc1C(=O)Nc1c(F)cccc1Br. The number of rotatable bonds is 3. The normalized spacial score (nSPS) is 10.1. The minimum absolute atomic E-state index is 0.0299. The Morgan fingerprint density at radius 2 is 1.70 bits per heavy atom. The minimum atomic E-state index is -1.22. The molecule has 1 amide bonds. The van der Waals surface area contributed by atoms with E-state index in [1.165, 1.54) is 36.4 Å². The second-order valence-electron chi connectivity index (χ2n) is 3.90. The van der Waals surface area contributed by atoms with Gasteiger partial charge in [-0.2, -0.15) is 0 Å². The second kappa shape index (κ2) is 5.83. The fourth-order valence-corrected chi connectivity index (χ4v) is 2.11. The summed E-state index contributed by atoms with van der Waals surface area (Å²) in [4.78, 5) is 23.1. The van der Waals surface area contributed by atoms with Crippen molar-refractivity contribution in [2.75, 3.05) is 5.32 Å². The van der Waals surface area contributed by atoms with Crippen molar-refractivity contribution in [3.63, 3.8) is 0 Å². The lowest BCUT2D eigenvalue weighted by molar-refractivity contribution is 0.0692. The number of hydrogen-bond donors (Lipinski definition) is 2. The molecule has 20 heavy (non-hydrogen) atoms. The highest BCUT2D eigenvalue weighted by Gasteiger charge is 2.18. The first-order chi connectivity index (χ1) is 9.50. The van der Waals surface area contributed by atoms with Crippen LogP contribution >= 0.6 is 15.9 Å². The van der Waals surface area contributed by atoms with Crippen molar-refractivity contribution >= 4 is 33.5 Å². The van der Waals surface area contributed by atoms with Crippen molar-refractivity contribution in [3.8, 4) is 0 Å². The van der Waals surface area contributed by atoms with Crippen LogP contribution in [0.2, 0.25) is 0 Å². The molecule has 4 nitrogen and oxygen atoms in total. The van der Waals surface area contributed by atoms with Crippen LogP contribution < -0.4 is 5.32 Å². The zero-order chi connectivity index (χ0) is 14.7. The molecule has 0 fully saturated rings. The van der Waals surface area contributed by atoms with Crippen LogP contribution in [0.15, 0.2) is 46.9 Å². The third-order valence-electron chi connectivity index (χ3n) is 2.60. The molecule has 0 aliphatic carbocycles. The number of para-hydroxylation sites is 1. The highest BCUT2D eigenvalue weighted by Crippen LogP contribution is 2.26. The van der Waals surface area contributed by atoms with Crippen LogP contribution in [0.25, 0.3) is 0 Å². The largest absolute Gasteiger partial charge is 0.478 e. The van der Waals surface area contributed by atoms with Gasteiger partial charge in [0.25, 0.3) is 5.91 Å². The maximum absolute atomic E-state index is 13.6. The molecule has 0 saturated heterocycles. The fraction of sp³-hybridized carbons (Fsp3) is 0. The number of carboxylic acids is 1. The van der Waals surface area contributed by atoms with Crippen molar-refractivity contribution in [2.45, 2.75) is 0 Å². The summed E-state index contributed by atoms with van der Waals surface area (Å²) in [6, 6.07) is 9.99. The van der Waals surface area contributed by atoms with Gasteiger partial charge < -0.3 is 10.4 Å². The lowest BCUT2D eigenvalue weighted by Gasteiger charge is -2.10. The molecule has 0 unspecified atom stereocenters. The minimum Gasteiger partial charge on any atom is -0.478 e. The van der Waals surface area contributed by atoms with Crippen molar-refractivity contribution in [3.05, 3.63) is 63.9 Å². The van der Waals surface area contributed by atoms with Gasteiger partial charge in [0.05, 0.1) is 16.8 Å². The molecule has 0 aromatic heterocycles. The Morgan fingerprint density at radius 1 is 1.05 bits per heavy atom. The maximum atomic E-state index is 13.6. The number of amides is 1. The first-order valence-corrected chi connectivity index (χ1v) is 6.37. The molecule has 2 aromatic carbocycles. The summed E-state index contributed by atoms with van der Waals surface area (Å²) in [6.45, 7) is 0. The summed E-state index contributed by atoms with van der Waals surface area (Å²) in [5.74, 6) is -2.52. The molecule has 6 heteroatoms. The van der Waals surface area contributed by atoms with Crippen LogP contribution in [0.1, 0.15) is 20.7 Å². The van der Waals surface area contributed by atoms with Gasteiger partial charge in [-0.1, -0.05) is 18.2 Å². The Kier molecular flexibility index (Phi) is 4.14. The second-order valence-corrected chi connectivity index (χ2v) is 4.76. The van der Waals surface area contributed by atoms with Crippen LogP contribution in [0, 0.1) is 5.82 Å². The Morgan fingerprint density at radius 3 is 2.30 bits per heavy atom. The standard InChI is InChI=1S/C14H9BrFNO3/c15-10-6-3-7-11(16)12(10)17-13(18)8-4-1-2-5-9(8)14(19)20/h1-7H,(H,17,18)(H,19,20). The van der Waals surface area contributed by atoms with Gasteiger partial charge in [-0.3, -0.25) is 4.79 Å². The molecule has 0 aliphatic heterocycles. The number of aromatic carboxylic acids is 1. The highest BCUT2D eigenvalue weighted by molar-refractivity contribution is 9.10. The number of carbonyl (C=O) groups is 2. The number of benzene rings is 2. The zero-order valence-corrected chi connectivity index (χ0v) is 11.6. The Labute approximate surface area is 122 Å². The smallest absolute Gasteiger partial charge is 0.336 e. The van der Waals surface area contributed by atoms with E-state index in [1.54, 1.807) is 6.07 Å². The average molecular weight is 338 g/mol. The number of hydrogen-bond acceptors (Lipinski definition) is 2. The average Bonchev–Trinajstić information content (AvgIpc) is 2.43. The van der Waals surface area contributed by atoms with Crippen LogP contribution in [0.4, 0.5) is 10.1 Å². The van der Waals surface area contributed by atoms with E-state index < -0.39 is 17.7 Å². The van der Waals surface area contributed by atoms with Gasteiger partial charge in [-0.25, -0.2) is 9.18 Å². The molecule has 0 aliphatic rings. The van der Waals surface area contributed by atoms with E-state index in [9.17, 15) is 14.0 Å². The van der Waals surface area contributed by atoms with Gasteiger partial charge in [0.1, 0.15) is 5.82 Å². The number of nitrogens with one attached hydrogen (secondary N) is 1. The molecule has 0 saturated carbocycles. The zero-order valence-electron chi connectivity index (χ0n) is 10.1. The van der Waals surface area contributed by atoms with Gasteiger partial charge in [0.15, 0.2) is 0 Å². The number of carboxylic acid groups (broad SMARTS) is 1. The van der Waals surface area contributed by atoms with E-state index in [0.29, 0.717) is 4.47 Å². The molecule has 0 heterocycles. The van der Waals surface area contributed by atoms with Crippen LogP contribution in [0.5, 0.6) is 0 Å². The Bertz CT molecular complexity index is 668. The molecule has 2 rings (SSSR count). The number of halogens is 2. The van der Waals surface area contributed by atoms with Crippen LogP contribution in [-0.2, 0) is 0 Å². The predicted octanol–water partition coefficient (Wildman–Crippen LogP) is 3.54. The molecule has 2 N–H and O–H groups in total. The van der Waals surface area contributed by atoms with Gasteiger partial charge >= 0.3 is 5.97 Å². The van der Waals surface area contributed by atoms with E-state index in [1.807, 2.05) is 0 Å². The fourth-order valence-electron chi connectivity index (χ4n) is 1.67. The summed E-state index contributed by atoms with van der Waals surface area (Å²) < 4.78 is 14.0. The van der Waals surface area contributed by atoms with E-state index in [-0.39, 0.29) is 16.8 Å². The lowest BCUT2D eigenvalue weighted by atomic mass is 10.1. The summed E-state index contributed by atoms with van der Waals surface area (Å²) in [6.07, 6.45) is 0. The first-order valence-electron chi connectivity index (χ1n) is 5.58. The molecule has 0 bridgehead atoms. The highest BCUT2D eigenvalue weighted by atomic mass is 79.9. The molecule has 102 valence electrons. The van der Waals surface area contributed by atoms with Gasteiger partial charge in [0, 0.05) is 4.47 Å². The third-order valence-corrected chi connectivity index (χ3v) is 3.26. The third kappa shape index (κ3) is 2.85. The molecule has 0 spiro atoms. The molecule has 0 atom stereocenters. The van der Waals surface area contributed by atoms with E-state index >= 15 is 0 Å². The van der Waals surface area contributed by atoms with Crippen molar-refractivity contribution in [2.24, 2.45) is 0 Å². The monoisotopic (exact) mass is 337 g/mol. The quantitative estimate of drug-likeness (QED) is 0.900. The van der Waals surface area contributed by atoms with Crippen LogP contribution in [-0.4, -0.2) is 17.0 Å². The summed E-state index contributed by atoms with van der Waals surface area (Å²) in [7, 11) is 0. The van der Waals surface area contributed by atoms with E-state index in [4.69, 9.17) is 5.11 Å². The topological polar surface area (TPSA) is 66.4 Å². The summed E-state index contributed by atoms with van der Waals surface area (Å²) in [5, 5.41) is 11.4. The molecular weight excluding hydrogens is 329 g/mol. The first kappa shape index (κ1) is 14.2. The molecule has 2 aromatic rings. The maximum Gasteiger partial charge on any atom is 0.336 e. The van der Waals surface area contributed by atoms with Gasteiger partial charge in [0.2, 0.25) is 0 Å². The molecule has 0 radical (unpaired) electrons. The Balaban J connectivity index is 2.36. The van der Waals surface area contributed by atoms with Crippen LogP contribution in [0.3, 0.4) is 0 Å². The number of carbonyl (C=O) groups excluding carboxylic acids is 1. The summed E-state index contributed by atoms with van der Waals surface area (Å²) in [5.41, 5.74) is -0.203. The lowest BCUT2D eigenvalue weighted by Crippen LogP contribution is -2.17. The van der Waals surface area contributed by atoms with E-state index in [2.05, 4.69) is 21.2 Å². The van der Waals surface area contributed by atoms with Crippen molar-refractivity contribution < 1.29 is 19.1 Å². The number of anilines is 1.